The summed E-state index contributed by atoms with van der Waals surface area (Å²) in [6.07, 6.45) is 0. The fourth-order valence-electron chi connectivity index (χ4n) is 2.69. The number of fused-ring (bicyclic) bond motifs is 1. The first-order valence-electron chi connectivity index (χ1n) is 6.77. The molecule has 0 saturated carbocycles. The number of benzene rings is 1. The van der Waals surface area contributed by atoms with Crippen LogP contribution in [-0.2, 0) is 14.8 Å². The highest BCUT2D eigenvalue weighted by Crippen LogP contribution is 2.36. The minimum absolute atomic E-state index is 0.0257. The molecule has 9 heteroatoms. The first-order chi connectivity index (χ1) is 10.9. The second-order valence-electron chi connectivity index (χ2n) is 5.31. The van der Waals surface area contributed by atoms with Crippen LogP contribution >= 0.6 is 0 Å². The van der Waals surface area contributed by atoms with Gasteiger partial charge in [-0.15, -0.1) is 0 Å². The van der Waals surface area contributed by atoms with Crippen LogP contribution in [0.5, 0.6) is 0 Å². The van der Waals surface area contributed by atoms with Crippen molar-refractivity contribution in [3.8, 4) is 0 Å². The molecule has 8 nitrogen and oxygen atoms in total. The molecule has 24 heavy (non-hydrogen) atoms. The van der Waals surface area contributed by atoms with Gasteiger partial charge in [0.15, 0.2) is 17.3 Å². The number of sulfonamides is 1. The molecule has 1 aromatic rings. The molecule has 0 N–H and O–H groups in total. The smallest absolute Gasteiger partial charge is 0.276 e. The molecule has 0 fully saturated rings. The second kappa shape index (κ2) is 5.45. The predicted octanol–water partition coefficient (Wildman–Crippen LogP) is 0.985. The molecule has 126 valence electrons. The van der Waals surface area contributed by atoms with Crippen LogP contribution in [0.15, 0.2) is 11.0 Å². The number of carbonyl (C=O) groups is 5. The number of Topliss-reactive ketones (excluding diaryl/α,β-unsaturated/α-hetero) is 3. The molecule has 1 aliphatic heterocycles. The van der Waals surface area contributed by atoms with Crippen LogP contribution in [-0.4, -0.2) is 41.9 Å². The third kappa shape index (κ3) is 2.28. The Labute approximate surface area is 137 Å². The van der Waals surface area contributed by atoms with E-state index in [0.717, 1.165) is 33.8 Å². The van der Waals surface area contributed by atoms with Gasteiger partial charge < -0.3 is 0 Å². The average molecular weight is 351 g/mol. The standard InChI is InChI=1S/C15H13NO7S/c1-6(17)10-5-11-14(13(8(3)19)12(10)7(2)18)15(21)16(9(4)20)24(11,22)23/h5H,1-4H3. The molecule has 0 saturated heterocycles. The maximum Gasteiger partial charge on any atom is 0.276 e. The normalized spacial score (nSPS) is 15.2. The van der Waals surface area contributed by atoms with Crippen molar-refractivity contribution in [3.05, 3.63) is 28.3 Å². The van der Waals surface area contributed by atoms with Crippen molar-refractivity contribution in [1.82, 2.24) is 4.31 Å². The Morgan fingerprint density at radius 3 is 1.75 bits per heavy atom. The zero-order valence-electron chi connectivity index (χ0n) is 13.3. The number of imide groups is 1. The van der Waals surface area contributed by atoms with Crippen LogP contribution in [0.25, 0.3) is 0 Å². The number of ketones is 3. The van der Waals surface area contributed by atoms with Gasteiger partial charge in [0.25, 0.3) is 15.9 Å². The van der Waals surface area contributed by atoms with Crippen LogP contribution in [0.1, 0.15) is 69.1 Å². The van der Waals surface area contributed by atoms with Gasteiger partial charge in [0.05, 0.1) is 5.56 Å². The van der Waals surface area contributed by atoms with E-state index in [-0.39, 0.29) is 15.4 Å². The summed E-state index contributed by atoms with van der Waals surface area (Å²) in [6, 6.07) is 0.872. The van der Waals surface area contributed by atoms with Gasteiger partial charge in [0.1, 0.15) is 4.90 Å². The van der Waals surface area contributed by atoms with E-state index >= 15 is 0 Å². The van der Waals surface area contributed by atoms with Gasteiger partial charge in [-0.05, 0) is 26.8 Å². The van der Waals surface area contributed by atoms with Gasteiger partial charge in [-0.1, -0.05) is 0 Å². The van der Waals surface area contributed by atoms with Crippen molar-refractivity contribution < 1.29 is 32.4 Å². The third-order valence-electron chi connectivity index (χ3n) is 3.58. The van der Waals surface area contributed by atoms with Gasteiger partial charge in [-0.25, -0.2) is 8.42 Å². The monoisotopic (exact) mass is 351 g/mol. The van der Waals surface area contributed by atoms with Gasteiger partial charge in [0, 0.05) is 23.6 Å². The summed E-state index contributed by atoms with van der Waals surface area (Å²) in [6.45, 7) is 4.12. The molecule has 2 rings (SSSR count). The number of rotatable bonds is 3. The quantitative estimate of drug-likeness (QED) is 0.744. The number of amides is 2. The highest BCUT2D eigenvalue weighted by atomic mass is 32.2. The lowest BCUT2D eigenvalue weighted by Crippen LogP contribution is -2.34. The Kier molecular flexibility index (Phi) is 4.01. The van der Waals surface area contributed by atoms with Crippen molar-refractivity contribution in [2.24, 2.45) is 0 Å². The summed E-state index contributed by atoms with van der Waals surface area (Å²) >= 11 is 0. The van der Waals surface area contributed by atoms with E-state index in [0.29, 0.717) is 0 Å². The lowest BCUT2D eigenvalue weighted by atomic mass is 9.89. The molecule has 1 aromatic carbocycles. The lowest BCUT2D eigenvalue weighted by molar-refractivity contribution is -0.122. The average Bonchev–Trinajstić information content (AvgIpc) is 2.63. The van der Waals surface area contributed by atoms with Crippen molar-refractivity contribution in [1.29, 1.82) is 0 Å². The second-order valence-corrected chi connectivity index (χ2v) is 7.06. The molecular weight excluding hydrogens is 338 g/mol. The SMILES string of the molecule is CC(=O)c1cc2c(c(C(C)=O)c1C(C)=O)C(=O)N(C(C)=O)S2(=O)=O. The van der Waals surface area contributed by atoms with Gasteiger partial charge in [-0.3, -0.25) is 24.0 Å². The van der Waals surface area contributed by atoms with Crippen LogP contribution in [0.4, 0.5) is 0 Å². The Morgan fingerprint density at radius 2 is 1.38 bits per heavy atom. The van der Waals surface area contributed by atoms with E-state index in [2.05, 4.69) is 0 Å². The Hall–Kier alpha value is -2.68. The number of nitrogens with zero attached hydrogens (tertiary/aromatic N) is 1. The van der Waals surface area contributed by atoms with E-state index in [1.807, 2.05) is 0 Å². The number of carbonyl (C=O) groups excluding carboxylic acids is 5. The topological polar surface area (TPSA) is 123 Å². The minimum Gasteiger partial charge on any atom is -0.294 e. The fourth-order valence-corrected chi connectivity index (χ4v) is 4.25. The van der Waals surface area contributed by atoms with Crippen LogP contribution < -0.4 is 0 Å². The number of hydrogen-bond acceptors (Lipinski definition) is 7. The summed E-state index contributed by atoms with van der Waals surface area (Å²) < 4.78 is 24.9. The Morgan fingerprint density at radius 1 is 0.875 bits per heavy atom. The van der Waals surface area contributed by atoms with Gasteiger partial charge in [0.2, 0.25) is 5.91 Å². The van der Waals surface area contributed by atoms with Crippen molar-refractivity contribution in [2.75, 3.05) is 0 Å². The van der Waals surface area contributed by atoms with Crippen molar-refractivity contribution in [2.45, 2.75) is 32.6 Å². The molecule has 1 aliphatic rings. The first kappa shape index (κ1) is 17.7. The van der Waals surface area contributed by atoms with E-state index in [4.69, 9.17) is 0 Å². The summed E-state index contributed by atoms with van der Waals surface area (Å²) in [5, 5.41) is 0. The largest absolute Gasteiger partial charge is 0.294 e. The van der Waals surface area contributed by atoms with E-state index in [1.165, 1.54) is 0 Å². The molecular formula is C15H13NO7S. The maximum atomic E-state index is 12.4. The molecule has 0 aromatic heterocycles. The Bertz CT molecular complexity index is 957. The molecule has 0 unspecified atom stereocenters. The zero-order valence-corrected chi connectivity index (χ0v) is 14.1. The highest BCUT2D eigenvalue weighted by Gasteiger charge is 2.47. The van der Waals surface area contributed by atoms with E-state index in [1.54, 1.807) is 0 Å². The van der Waals surface area contributed by atoms with Crippen LogP contribution in [0.2, 0.25) is 0 Å². The van der Waals surface area contributed by atoms with Gasteiger partial charge in [-0.2, -0.15) is 4.31 Å². The molecule has 1 heterocycles. The Balaban J connectivity index is 3.11. The van der Waals surface area contributed by atoms with E-state index in [9.17, 15) is 32.4 Å². The van der Waals surface area contributed by atoms with Crippen LogP contribution in [0.3, 0.4) is 0 Å². The molecule has 0 spiro atoms. The van der Waals surface area contributed by atoms with Crippen molar-refractivity contribution >= 4 is 39.2 Å². The number of hydrogen-bond donors (Lipinski definition) is 0. The van der Waals surface area contributed by atoms with E-state index < -0.39 is 55.2 Å². The molecule has 0 aliphatic carbocycles. The summed E-state index contributed by atoms with van der Waals surface area (Å²) in [7, 11) is -4.53. The molecule has 0 atom stereocenters. The molecule has 0 bridgehead atoms. The fraction of sp³-hybridized carbons (Fsp3) is 0.267. The molecule has 0 radical (unpaired) electrons. The maximum absolute atomic E-state index is 12.4. The summed E-state index contributed by atoms with van der Waals surface area (Å²) in [4.78, 5) is 59.1. The highest BCUT2D eigenvalue weighted by molar-refractivity contribution is 7.90. The molecule has 2 amide bonds. The minimum atomic E-state index is -4.53. The van der Waals surface area contributed by atoms with Crippen molar-refractivity contribution in [3.63, 3.8) is 0 Å². The van der Waals surface area contributed by atoms with Gasteiger partial charge >= 0.3 is 0 Å². The third-order valence-corrected chi connectivity index (χ3v) is 5.36. The lowest BCUT2D eigenvalue weighted by Gasteiger charge is -2.12. The summed E-state index contributed by atoms with van der Waals surface area (Å²) in [5.41, 5.74) is -1.61. The summed E-state index contributed by atoms with van der Waals surface area (Å²) in [5.74, 6) is -4.33. The zero-order chi connectivity index (χ0) is 18.6. The predicted molar refractivity (Wildman–Crippen MR) is 80.5 cm³/mol. The van der Waals surface area contributed by atoms with Crippen LogP contribution in [0, 0.1) is 0 Å². The first-order valence-corrected chi connectivity index (χ1v) is 8.21.